The Hall–Kier alpha value is -2.60. The van der Waals surface area contributed by atoms with Crippen molar-refractivity contribution in [2.24, 2.45) is 0 Å². The van der Waals surface area contributed by atoms with Crippen molar-refractivity contribution < 1.29 is 4.79 Å². The molecule has 5 nitrogen and oxygen atoms in total. The maximum Gasteiger partial charge on any atom is 0.322 e. The van der Waals surface area contributed by atoms with Crippen LogP contribution in [0, 0.1) is 5.41 Å². The first-order valence-electron chi connectivity index (χ1n) is 7.43. The molecule has 118 valence electrons. The smallest absolute Gasteiger partial charge is 0.322 e. The SMILES string of the molecule is N=C(Nc1ccc(NC(=O)N2CC=CCC2)cc1)c1cccs1. The molecule has 0 bridgehead atoms. The van der Waals surface area contributed by atoms with Crippen molar-refractivity contribution in [1.82, 2.24) is 4.90 Å². The number of carbonyl (C=O) groups is 1. The molecule has 6 heteroatoms. The predicted molar refractivity (Wildman–Crippen MR) is 95.6 cm³/mol. The average Bonchev–Trinajstić information content (AvgIpc) is 3.12. The lowest BCUT2D eigenvalue weighted by molar-refractivity contribution is 0.216. The normalized spacial score (nSPS) is 13.7. The van der Waals surface area contributed by atoms with Gasteiger partial charge in [-0.2, -0.15) is 0 Å². The number of carbonyl (C=O) groups excluding carboxylic acids is 1. The van der Waals surface area contributed by atoms with Gasteiger partial charge in [0.05, 0.1) is 4.88 Å². The fraction of sp³-hybridized carbons (Fsp3) is 0.176. The number of thiophene rings is 1. The zero-order valence-electron chi connectivity index (χ0n) is 12.6. The second kappa shape index (κ2) is 7.11. The minimum absolute atomic E-state index is 0.0820. The predicted octanol–water partition coefficient (Wildman–Crippen LogP) is 3.98. The molecule has 0 radical (unpaired) electrons. The summed E-state index contributed by atoms with van der Waals surface area (Å²) >= 11 is 1.52. The van der Waals surface area contributed by atoms with Gasteiger partial charge in [-0.1, -0.05) is 18.2 Å². The van der Waals surface area contributed by atoms with Gasteiger partial charge in [0, 0.05) is 24.5 Å². The first-order valence-corrected chi connectivity index (χ1v) is 8.31. The Morgan fingerprint density at radius 1 is 1.09 bits per heavy atom. The number of urea groups is 1. The molecule has 3 N–H and O–H groups in total. The number of hydrogen-bond donors (Lipinski definition) is 3. The van der Waals surface area contributed by atoms with Crippen LogP contribution < -0.4 is 10.6 Å². The molecule has 0 saturated heterocycles. The van der Waals surface area contributed by atoms with Crippen LogP contribution in [0.5, 0.6) is 0 Å². The van der Waals surface area contributed by atoms with E-state index in [0.717, 1.165) is 29.2 Å². The van der Waals surface area contributed by atoms with Gasteiger partial charge in [0.2, 0.25) is 0 Å². The number of anilines is 2. The molecule has 2 heterocycles. The highest BCUT2D eigenvalue weighted by atomic mass is 32.1. The van der Waals surface area contributed by atoms with E-state index < -0.39 is 0 Å². The van der Waals surface area contributed by atoms with Gasteiger partial charge in [-0.3, -0.25) is 5.41 Å². The van der Waals surface area contributed by atoms with Crippen molar-refractivity contribution >= 4 is 34.6 Å². The number of hydrogen-bond acceptors (Lipinski definition) is 3. The maximum absolute atomic E-state index is 12.1. The fourth-order valence-electron chi connectivity index (χ4n) is 2.29. The van der Waals surface area contributed by atoms with Crippen LogP contribution in [-0.4, -0.2) is 29.9 Å². The number of amidine groups is 1. The van der Waals surface area contributed by atoms with Crippen LogP contribution in [0.2, 0.25) is 0 Å². The topological polar surface area (TPSA) is 68.2 Å². The standard InChI is InChI=1S/C17H18N4OS/c18-16(15-5-4-12-23-15)19-13-6-8-14(9-7-13)20-17(22)21-10-2-1-3-11-21/h1-2,4-9,12H,3,10-11H2,(H2,18,19)(H,20,22). The Bertz CT molecular complexity index is 707. The molecule has 1 aromatic carbocycles. The zero-order valence-corrected chi connectivity index (χ0v) is 13.4. The van der Waals surface area contributed by atoms with Crippen molar-refractivity contribution in [2.75, 3.05) is 23.7 Å². The number of amides is 2. The van der Waals surface area contributed by atoms with Gasteiger partial charge in [-0.25, -0.2) is 4.79 Å². The third-order valence-corrected chi connectivity index (χ3v) is 4.41. The fourth-order valence-corrected chi connectivity index (χ4v) is 2.92. The van der Waals surface area contributed by atoms with Gasteiger partial charge < -0.3 is 15.5 Å². The van der Waals surface area contributed by atoms with E-state index in [9.17, 15) is 4.79 Å². The molecule has 1 aliphatic heterocycles. The summed E-state index contributed by atoms with van der Waals surface area (Å²) in [6, 6.07) is 11.1. The molecule has 0 fully saturated rings. The zero-order chi connectivity index (χ0) is 16.1. The largest absolute Gasteiger partial charge is 0.340 e. The summed E-state index contributed by atoms with van der Waals surface area (Å²) in [5.41, 5.74) is 1.57. The van der Waals surface area contributed by atoms with Crippen LogP contribution in [0.3, 0.4) is 0 Å². The van der Waals surface area contributed by atoms with Crippen molar-refractivity contribution in [3.63, 3.8) is 0 Å². The summed E-state index contributed by atoms with van der Waals surface area (Å²) < 4.78 is 0. The van der Waals surface area contributed by atoms with Crippen LogP contribution >= 0.6 is 11.3 Å². The molecule has 1 aliphatic rings. The Balaban J connectivity index is 1.57. The van der Waals surface area contributed by atoms with Crippen LogP contribution in [0.25, 0.3) is 0 Å². The Morgan fingerprint density at radius 3 is 2.43 bits per heavy atom. The highest BCUT2D eigenvalue weighted by Gasteiger charge is 2.13. The average molecular weight is 326 g/mol. The van der Waals surface area contributed by atoms with Crippen LogP contribution in [0.1, 0.15) is 11.3 Å². The number of nitrogens with zero attached hydrogens (tertiary/aromatic N) is 1. The minimum Gasteiger partial charge on any atom is -0.340 e. The molecule has 2 aromatic rings. The van der Waals surface area contributed by atoms with Crippen molar-refractivity contribution in [1.29, 1.82) is 5.41 Å². The summed E-state index contributed by atoms with van der Waals surface area (Å²) in [5.74, 6) is 0.372. The van der Waals surface area contributed by atoms with Crippen molar-refractivity contribution in [3.05, 3.63) is 58.8 Å². The molecule has 23 heavy (non-hydrogen) atoms. The Labute approximate surface area is 139 Å². The highest BCUT2D eigenvalue weighted by molar-refractivity contribution is 7.12. The summed E-state index contributed by atoms with van der Waals surface area (Å²) in [6.07, 6.45) is 5.00. The molecule has 1 aromatic heterocycles. The van der Waals surface area contributed by atoms with E-state index in [0.29, 0.717) is 12.4 Å². The first-order chi connectivity index (χ1) is 11.2. The van der Waals surface area contributed by atoms with Gasteiger partial charge in [0.1, 0.15) is 5.84 Å². The number of nitrogens with one attached hydrogen (secondary N) is 3. The third kappa shape index (κ3) is 3.98. The third-order valence-electron chi connectivity index (χ3n) is 3.52. The number of rotatable bonds is 3. The van der Waals surface area contributed by atoms with E-state index in [1.165, 1.54) is 11.3 Å². The molecule has 0 atom stereocenters. The van der Waals surface area contributed by atoms with E-state index in [4.69, 9.17) is 5.41 Å². The molecule has 2 amide bonds. The second-order valence-corrected chi connectivity index (χ2v) is 6.14. The van der Waals surface area contributed by atoms with Gasteiger partial charge in [-0.15, -0.1) is 11.3 Å². The molecule has 0 aliphatic carbocycles. The van der Waals surface area contributed by atoms with E-state index in [1.807, 2.05) is 47.9 Å². The molecule has 3 rings (SSSR count). The van der Waals surface area contributed by atoms with Gasteiger partial charge in [0.15, 0.2) is 0 Å². The van der Waals surface area contributed by atoms with Crippen LogP contribution in [0.4, 0.5) is 16.2 Å². The van der Waals surface area contributed by atoms with Gasteiger partial charge in [-0.05, 0) is 42.1 Å². The van der Waals surface area contributed by atoms with Crippen molar-refractivity contribution in [3.8, 4) is 0 Å². The highest BCUT2D eigenvalue weighted by Crippen LogP contribution is 2.17. The molecule has 0 saturated carbocycles. The molecular weight excluding hydrogens is 308 g/mol. The molecular formula is C17H18N4OS. The van der Waals surface area contributed by atoms with E-state index >= 15 is 0 Å². The van der Waals surface area contributed by atoms with Gasteiger partial charge >= 0.3 is 6.03 Å². The van der Waals surface area contributed by atoms with E-state index in [-0.39, 0.29) is 6.03 Å². The number of benzene rings is 1. The quantitative estimate of drug-likeness (QED) is 0.454. The lowest BCUT2D eigenvalue weighted by atomic mass is 10.2. The van der Waals surface area contributed by atoms with E-state index in [1.54, 1.807) is 4.90 Å². The van der Waals surface area contributed by atoms with E-state index in [2.05, 4.69) is 16.7 Å². The monoisotopic (exact) mass is 326 g/mol. The van der Waals surface area contributed by atoms with Crippen molar-refractivity contribution in [2.45, 2.75) is 6.42 Å². The molecule has 0 unspecified atom stereocenters. The second-order valence-electron chi connectivity index (χ2n) is 5.19. The summed E-state index contributed by atoms with van der Waals surface area (Å²) in [4.78, 5) is 14.8. The van der Waals surface area contributed by atoms with Crippen LogP contribution in [0.15, 0.2) is 53.9 Å². The summed E-state index contributed by atoms with van der Waals surface area (Å²) in [5, 5.41) is 15.9. The molecule has 0 spiro atoms. The Morgan fingerprint density at radius 2 is 1.83 bits per heavy atom. The lowest BCUT2D eigenvalue weighted by Crippen LogP contribution is -2.37. The summed E-state index contributed by atoms with van der Waals surface area (Å²) in [7, 11) is 0. The summed E-state index contributed by atoms with van der Waals surface area (Å²) in [6.45, 7) is 1.41. The van der Waals surface area contributed by atoms with Gasteiger partial charge in [0.25, 0.3) is 0 Å². The minimum atomic E-state index is -0.0820. The van der Waals surface area contributed by atoms with Crippen LogP contribution in [-0.2, 0) is 0 Å². The Kier molecular flexibility index (Phi) is 4.73. The lowest BCUT2D eigenvalue weighted by Gasteiger charge is -2.23. The maximum atomic E-state index is 12.1. The first kappa shape index (κ1) is 15.3.